The maximum Gasteiger partial charge on any atom is 0.286 e. The largest absolute Gasteiger partial charge is 0.494 e. The maximum atomic E-state index is 13.2. The molecule has 0 saturated heterocycles. The lowest BCUT2D eigenvalue weighted by Gasteiger charge is -2.46. The minimum atomic E-state index is -3.18. The van der Waals surface area contributed by atoms with Gasteiger partial charge in [0.15, 0.2) is 0 Å². The Balaban J connectivity index is 1.60. The van der Waals surface area contributed by atoms with Gasteiger partial charge in [-0.1, -0.05) is 42.5 Å². The fourth-order valence-corrected chi connectivity index (χ4v) is 9.09. The van der Waals surface area contributed by atoms with E-state index in [9.17, 15) is 9.00 Å². The number of carbonyl (C=O) groups excluding carboxylic acids is 1. The van der Waals surface area contributed by atoms with Gasteiger partial charge in [0.1, 0.15) is 22.3 Å². The molecule has 1 aromatic rings. The second kappa shape index (κ2) is 12.7. The van der Waals surface area contributed by atoms with Crippen LogP contribution in [-0.4, -0.2) is 59.4 Å². The van der Waals surface area contributed by atoms with Gasteiger partial charge in [-0.2, -0.15) is 0 Å². The van der Waals surface area contributed by atoms with Crippen molar-refractivity contribution in [3.8, 4) is 0 Å². The van der Waals surface area contributed by atoms with Crippen molar-refractivity contribution in [2.75, 3.05) is 38.3 Å². The molecule has 10 heteroatoms. The highest BCUT2D eigenvalue weighted by atomic mass is 35.5. The van der Waals surface area contributed by atoms with Gasteiger partial charge in [0.2, 0.25) is 0 Å². The number of nitrogens with two attached hydrogens (primary N) is 1. The van der Waals surface area contributed by atoms with Crippen molar-refractivity contribution < 1.29 is 18.5 Å². The lowest BCUT2D eigenvalue weighted by Crippen LogP contribution is -2.47. The molecule has 1 spiro atoms. The number of allylic oxidation sites excluding steroid dienone is 3. The SMILES string of the molecule is C=C/C1=C\C2=C(C)OC[C@@]3(CN2C[C@@H]2CC[C@H]2[C@@H](OC)/C=C/CCC[S@](N)(=O)=NC1=O)SCCc1cc(Cl)ccc13. The third-order valence-corrected chi connectivity index (χ3v) is 11.7. The number of benzene rings is 1. The van der Waals surface area contributed by atoms with Crippen molar-refractivity contribution in [2.45, 2.75) is 49.9 Å². The van der Waals surface area contributed by atoms with Crippen molar-refractivity contribution in [3.05, 3.63) is 82.3 Å². The Morgan fingerprint density at radius 3 is 2.93 bits per heavy atom. The Kier molecular flexibility index (Phi) is 9.40. The van der Waals surface area contributed by atoms with E-state index in [4.69, 9.17) is 26.2 Å². The smallest absolute Gasteiger partial charge is 0.286 e. The minimum absolute atomic E-state index is 0.00655. The van der Waals surface area contributed by atoms with E-state index in [1.165, 1.54) is 17.2 Å². The van der Waals surface area contributed by atoms with Crippen LogP contribution in [0.25, 0.3) is 0 Å². The molecular weight excluding hydrogens is 578 g/mol. The number of halogens is 1. The summed E-state index contributed by atoms with van der Waals surface area (Å²) in [4.78, 5) is 15.6. The number of nitrogens with zero attached hydrogens (tertiary/aromatic N) is 2. The van der Waals surface area contributed by atoms with E-state index in [0.29, 0.717) is 37.8 Å². The first-order valence-corrected chi connectivity index (χ1v) is 17.4. The summed E-state index contributed by atoms with van der Waals surface area (Å²) >= 11 is 8.32. The van der Waals surface area contributed by atoms with Crippen molar-refractivity contribution in [1.29, 1.82) is 0 Å². The van der Waals surface area contributed by atoms with Gasteiger partial charge in [-0.15, -0.1) is 16.1 Å². The first kappa shape index (κ1) is 30.4. The van der Waals surface area contributed by atoms with Crippen LogP contribution in [0.5, 0.6) is 0 Å². The number of rotatable bonds is 2. The average molecular weight is 618 g/mol. The van der Waals surface area contributed by atoms with Crippen LogP contribution in [0, 0.1) is 11.8 Å². The molecule has 7 nitrogen and oxygen atoms in total. The molecule has 0 radical (unpaired) electrons. The lowest BCUT2D eigenvalue weighted by atomic mass is 9.70. The van der Waals surface area contributed by atoms with Crippen LogP contribution in [0.3, 0.4) is 0 Å². The van der Waals surface area contributed by atoms with Gasteiger partial charge < -0.3 is 14.4 Å². The Bertz CT molecular complexity index is 1410. The third-order valence-electron chi connectivity index (χ3n) is 8.73. The van der Waals surface area contributed by atoms with Gasteiger partial charge >= 0.3 is 0 Å². The van der Waals surface area contributed by atoms with Crippen LogP contribution in [0.1, 0.15) is 43.7 Å². The average Bonchev–Trinajstić information content (AvgIpc) is 3.04. The standard InChI is InChI=1S/C31H40ClN3O4S2/c1-4-22-17-28-21(2)39-20-31(27-12-10-25(32)16-23(27)13-14-40-31)19-35(28)18-24-9-11-26(24)29(38-3)8-6-5-7-15-41(33,37)34-30(22)36/h4,6,8,10,12,16-17,24,26,29H,1,5,7,9,11,13-15,18-20H2,2-3H3,(H2,33,34,36,37)/b8-6+,22-17+/t24-,26+,29-,31+,41+/m0/s1. The molecule has 1 saturated carbocycles. The lowest BCUT2D eigenvalue weighted by molar-refractivity contribution is -0.113. The molecule has 41 heavy (non-hydrogen) atoms. The number of fused-ring (bicyclic) bond motifs is 4. The number of thioether (sulfide) groups is 1. The van der Waals surface area contributed by atoms with Gasteiger partial charge in [0.05, 0.1) is 16.5 Å². The zero-order valence-electron chi connectivity index (χ0n) is 23.9. The van der Waals surface area contributed by atoms with Crippen LogP contribution < -0.4 is 5.14 Å². The van der Waals surface area contributed by atoms with Gasteiger partial charge in [-0.05, 0) is 86.0 Å². The summed E-state index contributed by atoms with van der Waals surface area (Å²) in [5, 5.41) is 6.74. The summed E-state index contributed by atoms with van der Waals surface area (Å²) in [6.07, 6.45) is 11.9. The zero-order valence-corrected chi connectivity index (χ0v) is 26.2. The number of amides is 1. The van der Waals surface area contributed by atoms with Crippen LogP contribution in [0.15, 0.2) is 70.5 Å². The molecule has 1 amide bonds. The number of hydrogen-bond acceptors (Lipinski definition) is 6. The summed E-state index contributed by atoms with van der Waals surface area (Å²) in [6, 6.07) is 6.19. The van der Waals surface area contributed by atoms with Crippen molar-refractivity contribution >= 4 is 39.2 Å². The van der Waals surface area contributed by atoms with Crippen LogP contribution in [0.4, 0.5) is 0 Å². The van der Waals surface area contributed by atoms with Crippen LogP contribution >= 0.6 is 23.4 Å². The summed E-state index contributed by atoms with van der Waals surface area (Å²) in [7, 11) is -1.41. The molecule has 3 heterocycles. The summed E-state index contributed by atoms with van der Waals surface area (Å²) < 4.78 is 29.1. The quantitative estimate of drug-likeness (QED) is 0.424. The molecule has 0 bridgehead atoms. The highest BCUT2D eigenvalue weighted by Crippen LogP contribution is 2.48. The predicted molar refractivity (Wildman–Crippen MR) is 168 cm³/mol. The van der Waals surface area contributed by atoms with Gasteiger partial charge in [-0.3, -0.25) is 4.79 Å². The zero-order chi connectivity index (χ0) is 29.2. The summed E-state index contributed by atoms with van der Waals surface area (Å²) in [5.41, 5.74) is 3.57. The Morgan fingerprint density at radius 1 is 1.37 bits per heavy atom. The number of carbonyl (C=O) groups is 1. The third kappa shape index (κ3) is 6.64. The van der Waals surface area contributed by atoms with E-state index >= 15 is 0 Å². The first-order chi connectivity index (χ1) is 19.6. The Hall–Kier alpha value is -2.04. The fraction of sp³-hybridized carbons (Fsp3) is 0.516. The second-order valence-electron chi connectivity index (χ2n) is 11.4. The van der Waals surface area contributed by atoms with Gasteiger partial charge in [0.25, 0.3) is 5.91 Å². The summed E-state index contributed by atoms with van der Waals surface area (Å²) in [6.45, 7) is 7.81. The van der Waals surface area contributed by atoms with Crippen molar-refractivity contribution in [3.63, 3.8) is 0 Å². The topological polar surface area (TPSA) is 94.2 Å². The molecular formula is C31H40ClN3O4S2. The molecule has 222 valence electrons. The van der Waals surface area contributed by atoms with E-state index < -0.39 is 15.8 Å². The number of methoxy groups -OCH3 is 1. The molecule has 1 fully saturated rings. The van der Waals surface area contributed by atoms with Crippen LogP contribution in [-0.2, 0) is 35.4 Å². The Labute approximate surface area is 253 Å². The number of ether oxygens (including phenoxy) is 2. The van der Waals surface area contributed by atoms with E-state index in [1.807, 2.05) is 24.8 Å². The summed E-state index contributed by atoms with van der Waals surface area (Å²) in [5.74, 6) is 2.01. The molecule has 4 aliphatic rings. The minimum Gasteiger partial charge on any atom is -0.494 e. The molecule has 1 aromatic carbocycles. The second-order valence-corrected chi connectivity index (χ2v) is 15.3. The van der Waals surface area contributed by atoms with Gasteiger partial charge in [0, 0.05) is 36.5 Å². The monoisotopic (exact) mass is 617 g/mol. The highest BCUT2D eigenvalue weighted by Gasteiger charge is 2.45. The number of aryl methyl sites for hydroxylation is 1. The molecule has 2 N–H and O–H groups in total. The van der Waals surface area contributed by atoms with E-state index in [-0.39, 0.29) is 22.2 Å². The van der Waals surface area contributed by atoms with E-state index in [1.54, 1.807) is 13.2 Å². The molecule has 5 rings (SSSR count). The molecule has 3 aliphatic heterocycles. The highest BCUT2D eigenvalue weighted by molar-refractivity contribution is 8.00. The molecule has 5 atom stereocenters. The fourth-order valence-electron chi connectivity index (χ4n) is 6.38. The van der Waals surface area contributed by atoms with E-state index in [2.05, 4.69) is 40.1 Å². The molecule has 0 aromatic heterocycles. The van der Waals surface area contributed by atoms with Gasteiger partial charge in [-0.25, -0.2) is 9.35 Å². The van der Waals surface area contributed by atoms with E-state index in [0.717, 1.165) is 48.0 Å². The van der Waals surface area contributed by atoms with Crippen molar-refractivity contribution in [2.24, 2.45) is 21.3 Å². The number of hydrogen-bond donors (Lipinski definition) is 1. The first-order valence-electron chi connectivity index (χ1n) is 14.3. The molecule has 1 aliphatic carbocycles. The Morgan fingerprint density at radius 2 is 2.20 bits per heavy atom. The predicted octanol–water partition coefficient (Wildman–Crippen LogP) is 5.76. The molecule has 0 unspecified atom stereocenters. The maximum absolute atomic E-state index is 13.2. The normalized spacial score (nSPS) is 34.9. The van der Waals surface area contributed by atoms with Crippen molar-refractivity contribution in [1.82, 2.24) is 4.90 Å². The van der Waals surface area contributed by atoms with Crippen LogP contribution in [0.2, 0.25) is 5.02 Å².